The second kappa shape index (κ2) is 8.48. The van der Waals surface area contributed by atoms with Gasteiger partial charge in [-0.3, -0.25) is 0 Å². The van der Waals surface area contributed by atoms with Crippen molar-refractivity contribution in [3.63, 3.8) is 0 Å². The normalized spacial score (nSPS) is 10.8. The van der Waals surface area contributed by atoms with E-state index >= 15 is 0 Å². The molecule has 7 nitrogen and oxygen atoms in total. The number of carbonyl (C=O) groups is 2. The second-order valence-corrected chi connectivity index (χ2v) is 7.19. The van der Waals surface area contributed by atoms with Crippen molar-refractivity contribution in [2.45, 2.75) is 25.2 Å². The summed E-state index contributed by atoms with van der Waals surface area (Å²) in [4.78, 5) is 23.9. The van der Waals surface area contributed by atoms with Crippen LogP contribution in [0.3, 0.4) is 0 Å². The lowest BCUT2D eigenvalue weighted by Gasteiger charge is -2.11. The fraction of sp³-hybridized carbons (Fsp3) is 0.222. The molecule has 0 radical (unpaired) electrons. The molecular weight excluding hydrogens is 356 g/mol. The molecule has 2 amide bonds. The Kier molecular flexibility index (Phi) is 6.35. The van der Waals surface area contributed by atoms with Crippen LogP contribution >= 0.6 is 0 Å². The summed E-state index contributed by atoms with van der Waals surface area (Å²) in [7, 11) is -4.00. The summed E-state index contributed by atoms with van der Waals surface area (Å²) in [6.45, 7) is 3.81. The molecule has 0 aromatic heterocycles. The van der Waals surface area contributed by atoms with Crippen molar-refractivity contribution >= 4 is 27.7 Å². The van der Waals surface area contributed by atoms with E-state index in [0.29, 0.717) is 18.6 Å². The third kappa shape index (κ3) is 5.06. The fourth-order valence-corrected chi connectivity index (χ4v) is 3.35. The van der Waals surface area contributed by atoms with Gasteiger partial charge in [0.25, 0.3) is 10.0 Å². The molecule has 2 rings (SSSR count). The van der Waals surface area contributed by atoms with Crippen molar-refractivity contribution in [1.29, 1.82) is 0 Å². The smallest absolute Gasteiger partial charge is 0.338 e. The number of hydrogen-bond donors (Lipinski definition) is 2. The molecule has 0 saturated heterocycles. The van der Waals surface area contributed by atoms with Gasteiger partial charge in [0.15, 0.2) is 0 Å². The number of sulfonamides is 1. The highest BCUT2D eigenvalue weighted by molar-refractivity contribution is 7.90. The monoisotopic (exact) mass is 376 g/mol. The van der Waals surface area contributed by atoms with E-state index in [2.05, 4.69) is 5.32 Å². The summed E-state index contributed by atoms with van der Waals surface area (Å²) in [5.41, 5.74) is 1.06. The predicted octanol–water partition coefficient (Wildman–Crippen LogP) is 3.07. The Morgan fingerprint density at radius 3 is 2.50 bits per heavy atom. The van der Waals surface area contributed by atoms with Gasteiger partial charge in [-0.25, -0.2) is 22.7 Å². The maximum Gasteiger partial charge on any atom is 0.338 e. The van der Waals surface area contributed by atoms with E-state index in [4.69, 9.17) is 4.74 Å². The number of ether oxygens (including phenoxy) is 1. The SMILES string of the molecule is CCCOC(=O)c1cccc(NC(=O)NS(=O)(=O)c2ccccc2C)c1. The molecule has 26 heavy (non-hydrogen) atoms. The molecule has 0 bridgehead atoms. The largest absolute Gasteiger partial charge is 0.462 e. The van der Waals surface area contributed by atoms with Gasteiger partial charge in [-0.2, -0.15) is 0 Å². The zero-order valence-electron chi connectivity index (χ0n) is 14.5. The minimum atomic E-state index is -4.00. The number of esters is 1. The Balaban J connectivity index is 2.08. The van der Waals surface area contributed by atoms with Crippen LogP contribution in [0.2, 0.25) is 0 Å². The number of amides is 2. The van der Waals surface area contributed by atoms with Crippen LogP contribution in [0.15, 0.2) is 53.4 Å². The zero-order valence-corrected chi connectivity index (χ0v) is 15.3. The molecule has 0 aliphatic rings. The summed E-state index contributed by atoms with van der Waals surface area (Å²) in [6, 6.07) is 11.5. The molecular formula is C18H20N2O5S. The molecule has 138 valence electrons. The highest BCUT2D eigenvalue weighted by Crippen LogP contribution is 2.15. The van der Waals surface area contributed by atoms with Gasteiger partial charge in [0.1, 0.15) is 0 Å². The summed E-state index contributed by atoms with van der Waals surface area (Å²) >= 11 is 0. The summed E-state index contributed by atoms with van der Waals surface area (Å²) in [5.74, 6) is -0.511. The summed E-state index contributed by atoms with van der Waals surface area (Å²) < 4.78 is 31.6. The first-order valence-corrected chi connectivity index (χ1v) is 9.48. The maximum absolute atomic E-state index is 12.3. The number of carbonyl (C=O) groups excluding carboxylic acids is 2. The van der Waals surface area contributed by atoms with Crippen LogP contribution in [0.4, 0.5) is 10.5 Å². The minimum absolute atomic E-state index is 0.0204. The van der Waals surface area contributed by atoms with Gasteiger partial charge in [0.05, 0.1) is 17.1 Å². The first kappa shape index (κ1) is 19.5. The predicted molar refractivity (Wildman–Crippen MR) is 97.5 cm³/mol. The van der Waals surface area contributed by atoms with Crippen LogP contribution in [-0.4, -0.2) is 27.0 Å². The highest BCUT2D eigenvalue weighted by atomic mass is 32.2. The van der Waals surface area contributed by atoms with E-state index in [9.17, 15) is 18.0 Å². The van der Waals surface area contributed by atoms with E-state index in [1.165, 1.54) is 18.2 Å². The zero-order chi connectivity index (χ0) is 19.2. The van der Waals surface area contributed by atoms with Gasteiger partial charge < -0.3 is 10.1 Å². The van der Waals surface area contributed by atoms with Crippen molar-refractivity contribution in [3.8, 4) is 0 Å². The average Bonchev–Trinajstić information content (AvgIpc) is 2.59. The van der Waals surface area contributed by atoms with Crippen LogP contribution in [0, 0.1) is 6.92 Å². The fourth-order valence-electron chi connectivity index (χ4n) is 2.19. The Labute approximate surface area is 152 Å². The number of anilines is 1. The van der Waals surface area contributed by atoms with Crippen LogP contribution < -0.4 is 10.0 Å². The van der Waals surface area contributed by atoms with E-state index in [0.717, 1.165) is 0 Å². The Bertz CT molecular complexity index is 909. The Hall–Kier alpha value is -2.87. The lowest BCUT2D eigenvalue weighted by atomic mass is 10.2. The maximum atomic E-state index is 12.3. The van der Waals surface area contributed by atoms with Crippen LogP contribution in [0.1, 0.15) is 29.3 Å². The van der Waals surface area contributed by atoms with Gasteiger partial charge in [-0.05, 0) is 43.2 Å². The molecule has 0 aliphatic heterocycles. The first-order chi connectivity index (χ1) is 12.3. The highest BCUT2D eigenvalue weighted by Gasteiger charge is 2.19. The van der Waals surface area contributed by atoms with E-state index in [1.54, 1.807) is 37.3 Å². The third-order valence-electron chi connectivity index (χ3n) is 3.40. The lowest BCUT2D eigenvalue weighted by molar-refractivity contribution is 0.0505. The summed E-state index contributed by atoms with van der Waals surface area (Å²) in [5, 5.41) is 2.40. The molecule has 2 aromatic carbocycles. The molecule has 0 heterocycles. The number of rotatable bonds is 6. The molecule has 2 aromatic rings. The molecule has 0 aliphatic carbocycles. The first-order valence-electron chi connectivity index (χ1n) is 8.00. The number of aryl methyl sites for hydroxylation is 1. The minimum Gasteiger partial charge on any atom is -0.462 e. The quantitative estimate of drug-likeness (QED) is 0.755. The van der Waals surface area contributed by atoms with E-state index < -0.39 is 22.0 Å². The molecule has 2 N–H and O–H groups in total. The topological polar surface area (TPSA) is 102 Å². The third-order valence-corrected chi connectivity index (χ3v) is 4.89. The lowest BCUT2D eigenvalue weighted by Crippen LogP contribution is -2.34. The number of nitrogens with one attached hydrogen (secondary N) is 2. The number of urea groups is 1. The van der Waals surface area contributed by atoms with Crippen molar-refractivity contribution in [2.24, 2.45) is 0 Å². The molecule has 0 atom stereocenters. The molecule has 0 unspecified atom stereocenters. The van der Waals surface area contributed by atoms with Gasteiger partial charge in [0, 0.05) is 5.69 Å². The van der Waals surface area contributed by atoms with Crippen LogP contribution in [0.25, 0.3) is 0 Å². The standard InChI is InChI=1S/C18H20N2O5S/c1-3-11-25-17(21)14-8-6-9-15(12-14)19-18(22)20-26(23,24)16-10-5-4-7-13(16)2/h4-10,12H,3,11H2,1-2H3,(H2,19,20,22). The molecule has 0 fully saturated rings. The second-order valence-electron chi connectivity index (χ2n) is 5.54. The van der Waals surface area contributed by atoms with Crippen LogP contribution in [0.5, 0.6) is 0 Å². The Morgan fingerprint density at radius 2 is 1.81 bits per heavy atom. The number of hydrogen-bond acceptors (Lipinski definition) is 5. The molecule has 0 saturated carbocycles. The van der Waals surface area contributed by atoms with Crippen molar-refractivity contribution in [2.75, 3.05) is 11.9 Å². The average molecular weight is 376 g/mol. The van der Waals surface area contributed by atoms with Crippen molar-refractivity contribution in [1.82, 2.24) is 4.72 Å². The van der Waals surface area contributed by atoms with E-state index in [1.807, 2.05) is 11.6 Å². The number of benzene rings is 2. The van der Waals surface area contributed by atoms with E-state index in [-0.39, 0.29) is 16.1 Å². The molecule has 0 spiro atoms. The van der Waals surface area contributed by atoms with Crippen molar-refractivity contribution < 1.29 is 22.7 Å². The van der Waals surface area contributed by atoms with Gasteiger partial charge in [0.2, 0.25) is 0 Å². The van der Waals surface area contributed by atoms with Gasteiger partial charge >= 0.3 is 12.0 Å². The van der Waals surface area contributed by atoms with Crippen molar-refractivity contribution in [3.05, 3.63) is 59.7 Å². The van der Waals surface area contributed by atoms with Crippen LogP contribution in [-0.2, 0) is 14.8 Å². The Morgan fingerprint density at radius 1 is 1.08 bits per heavy atom. The van der Waals surface area contributed by atoms with Gasteiger partial charge in [-0.15, -0.1) is 0 Å². The van der Waals surface area contributed by atoms with Gasteiger partial charge in [-0.1, -0.05) is 31.2 Å². The molecule has 8 heteroatoms. The summed E-state index contributed by atoms with van der Waals surface area (Å²) in [6.07, 6.45) is 0.697.